The van der Waals surface area contributed by atoms with Crippen LogP contribution in [-0.2, 0) is 9.59 Å². The molecule has 4 N–H and O–H groups in total. The van der Waals surface area contributed by atoms with E-state index in [4.69, 9.17) is 10.8 Å². The second-order valence-corrected chi connectivity index (χ2v) is 5.23. The number of nitrogens with two attached hydrogens (primary N) is 1. The van der Waals surface area contributed by atoms with E-state index in [1.807, 2.05) is 6.92 Å². The molecule has 0 aromatic carbocycles. The lowest BCUT2D eigenvalue weighted by molar-refractivity contribution is -0.137. The Bertz CT molecular complexity index is 288. The van der Waals surface area contributed by atoms with Crippen LogP contribution in [0.4, 0.5) is 0 Å². The van der Waals surface area contributed by atoms with E-state index in [-0.39, 0.29) is 24.8 Å². The summed E-state index contributed by atoms with van der Waals surface area (Å²) in [5, 5.41) is 11.5. The molecule has 5 heteroatoms. The van der Waals surface area contributed by atoms with Crippen LogP contribution in [-0.4, -0.2) is 29.1 Å². The van der Waals surface area contributed by atoms with E-state index in [1.54, 1.807) is 0 Å². The highest BCUT2D eigenvalue weighted by Crippen LogP contribution is 2.26. The van der Waals surface area contributed by atoms with Crippen molar-refractivity contribution >= 4 is 11.9 Å². The monoisotopic (exact) mass is 256 g/mol. The van der Waals surface area contributed by atoms with Crippen molar-refractivity contribution in [2.75, 3.05) is 0 Å². The minimum Gasteiger partial charge on any atom is -0.481 e. The van der Waals surface area contributed by atoms with Crippen LogP contribution in [0.25, 0.3) is 0 Å². The lowest BCUT2D eigenvalue weighted by atomic mass is 9.84. The van der Waals surface area contributed by atoms with Gasteiger partial charge in [-0.05, 0) is 32.1 Å². The van der Waals surface area contributed by atoms with E-state index in [1.165, 1.54) is 19.3 Å². The smallest absolute Gasteiger partial charge is 0.303 e. The van der Waals surface area contributed by atoms with E-state index in [0.29, 0.717) is 5.92 Å². The number of carbonyl (C=O) groups excluding carboxylic acids is 1. The molecule has 0 aromatic rings. The Labute approximate surface area is 108 Å². The Hall–Kier alpha value is -1.10. The first-order valence-electron chi connectivity index (χ1n) is 6.78. The molecule has 0 saturated heterocycles. The predicted molar refractivity (Wildman–Crippen MR) is 69.0 cm³/mol. The topological polar surface area (TPSA) is 92.4 Å². The highest BCUT2D eigenvalue weighted by Gasteiger charge is 2.23. The molecule has 1 aliphatic carbocycles. The molecule has 5 nitrogen and oxygen atoms in total. The average molecular weight is 256 g/mol. The van der Waals surface area contributed by atoms with E-state index in [9.17, 15) is 9.59 Å². The first kappa shape index (κ1) is 15.0. The van der Waals surface area contributed by atoms with Gasteiger partial charge in [-0.3, -0.25) is 9.59 Å². The van der Waals surface area contributed by atoms with Crippen LogP contribution >= 0.6 is 0 Å². The zero-order chi connectivity index (χ0) is 13.5. The Morgan fingerprint density at radius 3 is 2.50 bits per heavy atom. The third-order valence-corrected chi connectivity index (χ3v) is 3.73. The molecule has 18 heavy (non-hydrogen) atoms. The van der Waals surface area contributed by atoms with Crippen molar-refractivity contribution in [2.45, 2.75) is 64.0 Å². The third kappa shape index (κ3) is 5.04. The van der Waals surface area contributed by atoms with Crippen molar-refractivity contribution < 1.29 is 14.7 Å². The first-order valence-corrected chi connectivity index (χ1v) is 6.78. The number of nitrogens with one attached hydrogen (secondary N) is 1. The van der Waals surface area contributed by atoms with Gasteiger partial charge in [-0.2, -0.15) is 0 Å². The molecule has 1 aliphatic rings. The van der Waals surface area contributed by atoms with Crippen molar-refractivity contribution in [1.82, 2.24) is 5.32 Å². The fraction of sp³-hybridized carbons (Fsp3) is 0.846. The number of rotatable bonds is 6. The fourth-order valence-electron chi connectivity index (χ4n) is 2.49. The molecular weight excluding hydrogens is 232 g/mol. The Morgan fingerprint density at radius 2 is 1.94 bits per heavy atom. The van der Waals surface area contributed by atoms with E-state index >= 15 is 0 Å². The lowest BCUT2D eigenvalue weighted by Gasteiger charge is -2.29. The maximum atomic E-state index is 11.8. The first-order chi connectivity index (χ1) is 8.50. The van der Waals surface area contributed by atoms with Crippen molar-refractivity contribution in [2.24, 2.45) is 11.7 Å². The van der Waals surface area contributed by atoms with Crippen LogP contribution in [0, 0.1) is 5.92 Å². The molecule has 1 amide bonds. The molecule has 1 fully saturated rings. The molecule has 0 spiro atoms. The largest absolute Gasteiger partial charge is 0.481 e. The van der Waals surface area contributed by atoms with Crippen molar-refractivity contribution in [3.8, 4) is 0 Å². The Kier molecular flexibility index (Phi) is 6.12. The van der Waals surface area contributed by atoms with Gasteiger partial charge in [0.25, 0.3) is 0 Å². The molecule has 0 heterocycles. The molecule has 0 aromatic heterocycles. The summed E-state index contributed by atoms with van der Waals surface area (Å²) >= 11 is 0. The standard InChI is InChI=1S/C13H24N2O3/c1-9(10-5-3-2-4-6-10)15-13(18)11(14)7-8-12(16)17/h9-11H,2-8,14H2,1H3,(H,15,18)(H,16,17)/t9-,11?/m1/s1. The molecule has 1 saturated carbocycles. The molecule has 1 rings (SSSR count). The van der Waals surface area contributed by atoms with E-state index in [0.717, 1.165) is 12.8 Å². The van der Waals surface area contributed by atoms with Gasteiger partial charge in [0.05, 0.1) is 6.04 Å². The van der Waals surface area contributed by atoms with Gasteiger partial charge in [-0.15, -0.1) is 0 Å². The van der Waals surface area contributed by atoms with E-state index in [2.05, 4.69) is 5.32 Å². The molecule has 0 radical (unpaired) electrons. The molecular formula is C13H24N2O3. The van der Waals surface area contributed by atoms with Gasteiger partial charge < -0.3 is 16.2 Å². The van der Waals surface area contributed by atoms with Crippen LogP contribution in [0.5, 0.6) is 0 Å². The normalized spacial score (nSPS) is 20.1. The summed E-state index contributed by atoms with van der Waals surface area (Å²) in [4.78, 5) is 22.2. The van der Waals surface area contributed by atoms with Crippen LogP contribution in [0.3, 0.4) is 0 Å². The van der Waals surface area contributed by atoms with Gasteiger partial charge in [0.15, 0.2) is 0 Å². The molecule has 104 valence electrons. The quantitative estimate of drug-likeness (QED) is 0.667. The summed E-state index contributed by atoms with van der Waals surface area (Å²) in [5.41, 5.74) is 5.67. The Morgan fingerprint density at radius 1 is 1.33 bits per heavy atom. The Balaban J connectivity index is 2.31. The molecule has 0 aliphatic heterocycles. The summed E-state index contributed by atoms with van der Waals surface area (Å²) in [5.74, 6) is -0.609. The van der Waals surface area contributed by atoms with Crippen LogP contribution in [0.2, 0.25) is 0 Å². The van der Waals surface area contributed by atoms with Gasteiger partial charge >= 0.3 is 5.97 Å². The summed E-state index contributed by atoms with van der Waals surface area (Å²) in [6, 6.07) is -0.583. The fourth-order valence-corrected chi connectivity index (χ4v) is 2.49. The molecule has 2 atom stereocenters. The average Bonchev–Trinajstić information content (AvgIpc) is 2.36. The van der Waals surface area contributed by atoms with Gasteiger partial charge in [0.1, 0.15) is 0 Å². The van der Waals surface area contributed by atoms with Crippen molar-refractivity contribution in [3.63, 3.8) is 0 Å². The van der Waals surface area contributed by atoms with Gasteiger partial charge in [0.2, 0.25) is 5.91 Å². The minimum absolute atomic E-state index is 0.0631. The van der Waals surface area contributed by atoms with Crippen molar-refractivity contribution in [3.05, 3.63) is 0 Å². The van der Waals surface area contributed by atoms with Crippen LogP contribution < -0.4 is 11.1 Å². The van der Waals surface area contributed by atoms with Crippen LogP contribution in [0.15, 0.2) is 0 Å². The van der Waals surface area contributed by atoms with Gasteiger partial charge in [-0.1, -0.05) is 19.3 Å². The summed E-state index contributed by atoms with van der Waals surface area (Å²) in [6.07, 6.45) is 6.20. The number of carboxylic acids is 1. The number of hydrogen-bond donors (Lipinski definition) is 3. The highest BCUT2D eigenvalue weighted by atomic mass is 16.4. The van der Waals surface area contributed by atoms with Gasteiger partial charge in [-0.25, -0.2) is 0 Å². The third-order valence-electron chi connectivity index (χ3n) is 3.73. The number of amides is 1. The number of hydrogen-bond acceptors (Lipinski definition) is 3. The van der Waals surface area contributed by atoms with Gasteiger partial charge in [0, 0.05) is 12.5 Å². The lowest BCUT2D eigenvalue weighted by Crippen LogP contribution is -2.47. The predicted octanol–water partition coefficient (Wildman–Crippen LogP) is 1.26. The molecule has 0 bridgehead atoms. The zero-order valence-corrected chi connectivity index (χ0v) is 11.0. The highest BCUT2D eigenvalue weighted by molar-refractivity contribution is 5.82. The molecule has 1 unspecified atom stereocenters. The second-order valence-electron chi connectivity index (χ2n) is 5.23. The number of aliphatic carboxylic acids is 1. The maximum absolute atomic E-state index is 11.8. The number of carbonyl (C=O) groups is 2. The summed E-state index contributed by atoms with van der Waals surface area (Å²) in [6.45, 7) is 2.01. The SMILES string of the molecule is C[C@@H](NC(=O)C(N)CCC(=O)O)C1CCCCC1. The summed E-state index contributed by atoms with van der Waals surface area (Å²) in [7, 11) is 0. The zero-order valence-electron chi connectivity index (χ0n) is 11.0. The minimum atomic E-state index is -0.918. The second kappa shape index (κ2) is 7.36. The van der Waals surface area contributed by atoms with E-state index < -0.39 is 12.0 Å². The maximum Gasteiger partial charge on any atom is 0.303 e. The van der Waals surface area contributed by atoms with Crippen molar-refractivity contribution in [1.29, 1.82) is 0 Å². The number of carboxylic acid groups (broad SMARTS) is 1. The van der Waals surface area contributed by atoms with Crippen LogP contribution in [0.1, 0.15) is 51.9 Å². The summed E-state index contributed by atoms with van der Waals surface area (Å²) < 4.78 is 0.